The lowest BCUT2D eigenvalue weighted by Crippen LogP contribution is -2.01. The molecule has 2 rings (SSSR count). The van der Waals surface area contributed by atoms with Gasteiger partial charge in [0.2, 0.25) is 0 Å². The summed E-state index contributed by atoms with van der Waals surface area (Å²) in [4.78, 5) is 14.3. The van der Waals surface area contributed by atoms with Gasteiger partial charge in [-0.25, -0.2) is 4.98 Å². The predicted molar refractivity (Wildman–Crippen MR) is 71.1 cm³/mol. The monoisotopic (exact) mass is 269 g/mol. The highest BCUT2D eigenvalue weighted by Gasteiger charge is 2.17. The third-order valence-electron chi connectivity index (χ3n) is 2.60. The first-order valence-corrected chi connectivity index (χ1v) is 5.83. The summed E-state index contributed by atoms with van der Waals surface area (Å²) in [7, 11) is 0. The summed E-state index contributed by atoms with van der Waals surface area (Å²) in [5, 5.41) is 19.7. The van der Waals surface area contributed by atoms with E-state index in [0.29, 0.717) is 11.1 Å². The van der Waals surface area contributed by atoms with E-state index in [1.807, 2.05) is 6.07 Å². The van der Waals surface area contributed by atoms with E-state index in [2.05, 4.69) is 4.98 Å². The van der Waals surface area contributed by atoms with Gasteiger partial charge in [0.1, 0.15) is 6.61 Å². The van der Waals surface area contributed by atoms with Crippen LogP contribution in [0.5, 0.6) is 5.88 Å². The molecule has 100 valence electrons. The summed E-state index contributed by atoms with van der Waals surface area (Å²) in [5.74, 6) is -0.0250. The van der Waals surface area contributed by atoms with E-state index >= 15 is 0 Å². The molecule has 0 N–H and O–H groups in total. The van der Waals surface area contributed by atoms with E-state index in [9.17, 15) is 10.1 Å². The van der Waals surface area contributed by atoms with Crippen LogP contribution in [-0.4, -0.2) is 9.91 Å². The Kier molecular flexibility index (Phi) is 3.91. The number of pyridine rings is 1. The lowest BCUT2D eigenvalue weighted by atomic mass is 10.1. The highest BCUT2D eigenvalue weighted by Crippen LogP contribution is 2.25. The maximum Gasteiger partial charge on any atom is 0.331 e. The van der Waals surface area contributed by atoms with Crippen LogP contribution in [0, 0.1) is 28.4 Å². The number of ether oxygens (including phenoxy) is 1. The molecule has 2 aromatic rings. The SMILES string of the molecule is Cc1cnc(OCc2cccc(C#N)c2)c([N+](=O)[O-])c1. The van der Waals surface area contributed by atoms with Gasteiger partial charge in [-0.05, 0) is 30.2 Å². The fourth-order valence-corrected chi connectivity index (χ4v) is 1.67. The summed E-state index contributed by atoms with van der Waals surface area (Å²) in [5.41, 5.74) is 1.79. The molecule has 0 spiro atoms. The average Bonchev–Trinajstić information content (AvgIpc) is 2.46. The first-order valence-electron chi connectivity index (χ1n) is 5.83. The van der Waals surface area contributed by atoms with Gasteiger partial charge < -0.3 is 4.74 Å². The summed E-state index contributed by atoms with van der Waals surface area (Å²) in [6.45, 7) is 1.84. The topological polar surface area (TPSA) is 89.0 Å². The number of rotatable bonds is 4. The van der Waals surface area contributed by atoms with Crippen LogP contribution in [0.4, 0.5) is 5.69 Å². The van der Waals surface area contributed by atoms with Crippen LogP contribution in [0.2, 0.25) is 0 Å². The zero-order valence-corrected chi connectivity index (χ0v) is 10.7. The van der Waals surface area contributed by atoms with Crippen LogP contribution in [0.25, 0.3) is 0 Å². The molecule has 0 amide bonds. The van der Waals surface area contributed by atoms with Crippen molar-refractivity contribution in [3.05, 3.63) is 63.3 Å². The van der Waals surface area contributed by atoms with Crippen LogP contribution in [0.3, 0.4) is 0 Å². The van der Waals surface area contributed by atoms with E-state index in [-0.39, 0.29) is 18.2 Å². The van der Waals surface area contributed by atoms with Crippen molar-refractivity contribution in [3.8, 4) is 11.9 Å². The second-order valence-electron chi connectivity index (χ2n) is 4.19. The molecule has 0 radical (unpaired) electrons. The highest BCUT2D eigenvalue weighted by atomic mass is 16.6. The minimum Gasteiger partial charge on any atom is -0.468 e. The molecule has 6 nitrogen and oxygen atoms in total. The lowest BCUT2D eigenvalue weighted by molar-refractivity contribution is -0.386. The Morgan fingerprint density at radius 3 is 2.95 bits per heavy atom. The normalized spacial score (nSPS) is 9.80. The van der Waals surface area contributed by atoms with Gasteiger partial charge in [-0.2, -0.15) is 5.26 Å². The second-order valence-corrected chi connectivity index (χ2v) is 4.19. The molecule has 0 fully saturated rings. The van der Waals surface area contributed by atoms with Crippen LogP contribution in [-0.2, 0) is 6.61 Å². The number of nitro groups is 1. The molecular formula is C14H11N3O3. The minimum absolute atomic E-state index is 0.0250. The van der Waals surface area contributed by atoms with Crippen LogP contribution < -0.4 is 4.74 Å². The Morgan fingerprint density at radius 1 is 1.45 bits per heavy atom. The predicted octanol–water partition coefficient (Wildman–Crippen LogP) is 2.75. The molecule has 0 saturated heterocycles. The van der Waals surface area contributed by atoms with Gasteiger partial charge in [0, 0.05) is 12.3 Å². The van der Waals surface area contributed by atoms with Crippen molar-refractivity contribution in [2.75, 3.05) is 0 Å². The average molecular weight is 269 g/mol. The van der Waals surface area contributed by atoms with E-state index < -0.39 is 4.92 Å². The van der Waals surface area contributed by atoms with Gasteiger partial charge in [0.25, 0.3) is 5.88 Å². The maximum absolute atomic E-state index is 10.9. The summed E-state index contributed by atoms with van der Waals surface area (Å²) >= 11 is 0. The van der Waals surface area contributed by atoms with E-state index in [0.717, 1.165) is 5.56 Å². The second kappa shape index (κ2) is 5.80. The van der Waals surface area contributed by atoms with E-state index in [1.165, 1.54) is 12.3 Å². The number of hydrogen-bond acceptors (Lipinski definition) is 5. The number of nitriles is 1. The number of hydrogen-bond donors (Lipinski definition) is 0. The summed E-state index contributed by atoms with van der Waals surface area (Å²) in [6, 6.07) is 10.3. The third-order valence-corrected chi connectivity index (χ3v) is 2.60. The largest absolute Gasteiger partial charge is 0.468 e. The first-order chi connectivity index (χ1) is 9.60. The number of aromatic nitrogens is 1. The van der Waals surface area contributed by atoms with Crippen LogP contribution >= 0.6 is 0 Å². The van der Waals surface area contributed by atoms with Gasteiger partial charge in [-0.3, -0.25) is 10.1 Å². The standard InChI is InChI=1S/C14H11N3O3/c1-10-5-13(17(18)19)14(16-8-10)20-9-12-4-2-3-11(6-12)7-15/h2-6,8H,9H2,1H3. The van der Waals surface area contributed by atoms with Crippen LogP contribution in [0.1, 0.15) is 16.7 Å². The van der Waals surface area contributed by atoms with Gasteiger partial charge in [-0.15, -0.1) is 0 Å². The molecule has 0 unspecified atom stereocenters. The molecule has 0 bridgehead atoms. The van der Waals surface area contributed by atoms with E-state index in [4.69, 9.17) is 10.00 Å². The molecule has 0 aliphatic rings. The zero-order valence-electron chi connectivity index (χ0n) is 10.7. The molecule has 6 heteroatoms. The van der Waals surface area contributed by atoms with Crippen molar-refractivity contribution in [2.45, 2.75) is 13.5 Å². The molecule has 1 aromatic heterocycles. The quantitative estimate of drug-likeness (QED) is 0.628. The molecule has 0 saturated carbocycles. The number of benzene rings is 1. The molecule has 0 atom stereocenters. The summed E-state index contributed by atoms with van der Waals surface area (Å²) < 4.78 is 5.38. The Bertz CT molecular complexity index is 692. The van der Waals surface area contributed by atoms with Gasteiger partial charge in [-0.1, -0.05) is 12.1 Å². The van der Waals surface area contributed by atoms with Crippen molar-refractivity contribution in [1.82, 2.24) is 4.98 Å². The molecule has 1 heterocycles. The lowest BCUT2D eigenvalue weighted by Gasteiger charge is -2.06. The fourth-order valence-electron chi connectivity index (χ4n) is 1.67. The smallest absolute Gasteiger partial charge is 0.331 e. The van der Waals surface area contributed by atoms with Crippen molar-refractivity contribution < 1.29 is 9.66 Å². The first kappa shape index (κ1) is 13.5. The number of nitrogens with zero attached hydrogens (tertiary/aromatic N) is 3. The van der Waals surface area contributed by atoms with Crippen molar-refractivity contribution in [2.24, 2.45) is 0 Å². The fraction of sp³-hybridized carbons (Fsp3) is 0.143. The Hall–Kier alpha value is -2.94. The van der Waals surface area contributed by atoms with Gasteiger partial charge in [0.05, 0.1) is 16.6 Å². The molecule has 0 aliphatic heterocycles. The van der Waals surface area contributed by atoms with Gasteiger partial charge in [0.15, 0.2) is 0 Å². The third kappa shape index (κ3) is 3.09. The van der Waals surface area contributed by atoms with Crippen LogP contribution in [0.15, 0.2) is 36.5 Å². The van der Waals surface area contributed by atoms with Crippen molar-refractivity contribution >= 4 is 5.69 Å². The van der Waals surface area contributed by atoms with E-state index in [1.54, 1.807) is 31.2 Å². The molecule has 0 aliphatic carbocycles. The van der Waals surface area contributed by atoms with Crippen molar-refractivity contribution in [1.29, 1.82) is 5.26 Å². The maximum atomic E-state index is 10.9. The Morgan fingerprint density at radius 2 is 2.25 bits per heavy atom. The Labute approximate surface area is 115 Å². The molecule has 1 aromatic carbocycles. The zero-order chi connectivity index (χ0) is 14.5. The highest BCUT2D eigenvalue weighted by molar-refractivity contribution is 5.42. The minimum atomic E-state index is -0.527. The molecular weight excluding hydrogens is 258 g/mol. The van der Waals surface area contributed by atoms with Gasteiger partial charge >= 0.3 is 5.69 Å². The Balaban J connectivity index is 2.19. The van der Waals surface area contributed by atoms with Crippen molar-refractivity contribution in [3.63, 3.8) is 0 Å². The molecule has 20 heavy (non-hydrogen) atoms. The summed E-state index contributed by atoms with van der Waals surface area (Å²) in [6.07, 6.45) is 1.51. The number of aryl methyl sites for hydroxylation is 1.